The van der Waals surface area contributed by atoms with Crippen LogP contribution in [0.15, 0.2) is 30.3 Å². The number of carbonyl (C=O) groups is 1. The summed E-state index contributed by atoms with van der Waals surface area (Å²) in [6, 6.07) is 6.87. The summed E-state index contributed by atoms with van der Waals surface area (Å²) >= 11 is 0. The first-order chi connectivity index (χ1) is 9.32. The van der Waals surface area contributed by atoms with E-state index in [1.54, 1.807) is 44.2 Å². The predicted octanol–water partition coefficient (Wildman–Crippen LogP) is 1.16. The van der Waals surface area contributed by atoms with Gasteiger partial charge in [0.2, 0.25) is 10.0 Å². The van der Waals surface area contributed by atoms with Crippen LogP contribution in [0.2, 0.25) is 0 Å². The zero-order chi connectivity index (χ0) is 15.2. The van der Waals surface area contributed by atoms with Crippen molar-refractivity contribution < 1.29 is 23.1 Å². The van der Waals surface area contributed by atoms with Gasteiger partial charge in [-0.1, -0.05) is 30.3 Å². The first-order valence-electron chi connectivity index (χ1n) is 6.21. The van der Waals surface area contributed by atoms with Crippen LogP contribution in [0.5, 0.6) is 0 Å². The van der Waals surface area contributed by atoms with Crippen LogP contribution in [0, 0.1) is 0 Å². The molecule has 0 aromatic heterocycles. The Morgan fingerprint density at radius 3 is 2.40 bits per heavy atom. The Hall–Kier alpha value is -1.44. The fraction of sp³-hybridized carbons (Fsp3) is 0.462. The molecule has 0 bridgehead atoms. The second kappa shape index (κ2) is 7.37. The molecule has 0 heterocycles. The van der Waals surface area contributed by atoms with Crippen LogP contribution >= 0.6 is 0 Å². The summed E-state index contributed by atoms with van der Waals surface area (Å²) in [6.07, 6.45) is -0.0744. The van der Waals surface area contributed by atoms with Gasteiger partial charge in [-0.3, -0.25) is 4.79 Å². The van der Waals surface area contributed by atoms with Crippen molar-refractivity contribution >= 4 is 16.0 Å². The predicted molar refractivity (Wildman–Crippen MR) is 74.8 cm³/mol. The molecule has 0 radical (unpaired) electrons. The molecule has 0 aliphatic carbocycles. The van der Waals surface area contributed by atoms with Crippen LogP contribution in [-0.2, 0) is 19.6 Å². The van der Waals surface area contributed by atoms with E-state index in [1.165, 1.54) is 0 Å². The van der Waals surface area contributed by atoms with E-state index in [4.69, 9.17) is 9.84 Å². The lowest BCUT2D eigenvalue weighted by Crippen LogP contribution is -2.36. The average Bonchev–Trinajstić information content (AvgIpc) is 2.36. The molecular formula is C13H19NO5S. The van der Waals surface area contributed by atoms with Crippen molar-refractivity contribution in [2.75, 3.05) is 12.4 Å². The maximum atomic E-state index is 11.8. The Morgan fingerprint density at radius 2 is 1.90 bits per heavy atom. The van der Waals surface area contributed by atoms with Crippen molar-refractivity contribution in [1.82, 2.24) is 4.72 Å². The molecule has 6 nitrogen and oxygen atoms in total. The summed E-state index contributed by atoms with van der Waals surface area (Å²) in [5.74, 6) is -1.52. The molecule has 1 aromatic carbocycles. The minimum Gasteiger partial charge on any atom is -0.480 e. The van der Waals surface area contributed by atoms with Gasteiger partial charge in [0, 0.05) is 0 Å². The summed E-state index contributed by atoms with van der Waals surface area (Å²) in [5, 5.41) is 9.15. The Kier molecular flexibility index (Phi) is 6.12. The van der Waals surface area contributed by atoms with Gasteiger partial charge in [0.15, 0.2) is 0 Å². The van der Waals surface area contributed by atoms with Gasteiger partial charge in [0.25, 0.3) is 0 Å². The second-order valence-corrected chi connectivity index (χ2v) is 6.41. The highest BCUT2D eigenvalue weighted by Crippen LogP contribution is 2.14. The van der Waals surface area contributed by atoms with Crippen LogP contribution in [0.4, 0.5) is 0 Å². The summed E-state index contributed by atoms with van der Waals surface area (Å²) < 4.78 is 31.0. The fourth-order valence-corrected chi connectivity index (χ4v) is 2.57. The number of hydrogen-bond acceptors (Lipinski definition) is 4. The van der Waals surface area contributed by atoms with Crippen LogP contribution in [-0.4, -0.2) is 38.0 Å². The average molecular weight is 301 g/mol. The van der Waals surface area contributed by atoms with Crippen LogP contribution in [0.1, 0.15) is 25.5 Å². The van der Waals surface area contributed by atoms with E-state index < -0.39 is 22.0 Å². The van der Waals surface area contributed by atoms with Gasteiger partial charge in [0.05, 0.1) is 18.5 Å². The highest BCUT2D eigenvalue weighted by atomic mass is 32.2. The van der Waals surface area contributed by atoms with Crippen molar-refractivity contribution in [3.63, 3.8) is 0 Å². The van der Waals surface area contributed by atoms with Crippen LogP contribution in [0.25, 0.3) is 0 Å². The molecule has 0 fully saturated rings. The third-order valence-electron chi connectivity index (χ3n) is 2.48. The lowest BCUT2D eigenvalue weighted by atomic mass is 10.1. The van der Waals surface area contributed by atoms with Crippen LogP contribution < -0.4 is 4.72 Å². The van der Waals surface area contributed by atoms with Crippen molar-refractivity contribution in [2.24, 2.45) is 0 Å². The maximum absolute atomic E-state index is 11.8. The number of nitrogens with one attached hydrogen (secondary N) is 1. The standard InChI is InChI=1S/C13H19NO5S/c1-10(2)19-8-9-20(17,18)14-12(13(15)16)11-6-4-3-5-7-11/h3-7,10,12,14H,8-9H2,1-2H3,(H,15,16). The number of ether oxygens (including phenoxy) is 1. The normalized spacial score (nSPS) is 13.3. The molecule has 1 rings (SSSR count). The van der Waals surface area contributed by atoms with Crippen molar-refractivity contribution in [3.05, 3.63) is 35.9 Å². The smallest absolute Gasteiger partial charge is 0.326 e. The molecule has 0 amide bonds. The molecule has 0 saturated carbocycles. The van der Waals surface area contributed by atoms with E-state index in [0.29, 0.717) is 5.56 Å². The molecule has 0 saturated heterocycles. The van der Waals surface area contributed by atoms with Gasteiger partial charge in [-0.25, -0.2) is 8.42 Å². The van der Waals surface area contributed by atoms with Gasteiger partial charge in [-0.2, -0.15) is 4.72 Å². The van der Waals surface area contributed by atoms with Crippen molar-refractivity contribution in [3.8, 4) is 0 Å². The Balaban J connectivity index is 2.73. The van der Waals surface area contributed by atoms with E-state index in [-0.39, 0.29) is 18.5 Å². The number of hydrogen-bond donors (Lipinski definition) is 2. The maximum Gasteiger partial charge on any atom is 0.326 e. The fourth-order valence-electron chi connectivity index (χ4n) is 1.54. The molecule has 2 N–H and O–H groups in total. The molecule has 1 atom stereocenters. The van der Waals surface area contributed by atoms with E-state index in [2.05, 4.69) is 4.72 Å². The highest BCUT2D eigenvalue weighted by Gasteiger charge is 2.25. The Labute approximate surface area is 118 Å². The lowest BCUT2D eigenvalue weighted by molar-refractivity contribution is -0.139. The number of aliphatic carboxylic acids is 1. The summed E-state index contributed by atoms with van der Waals surface area (Å²) in [4.78, 5) is 11.2. The van der Waals surface area contributed by atoms with Gasteiger partial charge in [-0.05, 0) is 19.4 Å². The van der Waals surface area contributed by atoms with Crippen molar-refractivity contribution in [1.29, 1.82) is 0 Å². The SMILES string of the molecule is CC(C)OCCS(=O)(=O)NC(C(=O)O)c1ccccc1. The molecular weight excluding hydrogens is 282 g/mol. The van der Waals surface area contributed by atoms with Gasteiger partial charge in [-0.15, -0.1) is 0 Å². The third kappa shape index (κ3) is 5.68. The Morgan fingerprint density at radius 1 is 1.30 bits per heavy atom. The minimum atomic E-state index is -3.73. The molecule has 20 heavy (non-hydrogen) atoms. The molecule has 1 aromatic rings. The zero-order valence-corrected chi connectivity index (χ0v) is 12.3. The van der Waals surface area contributed by atoms with Crippen molar-refractivity contribution in [2.45, 2.75) is 26.0 Å². The monoisotopic (exact) mass is 301 g/mol. The highest BCUT2D eigenvalue weighted by molar-refractivity contribution is 7.89. The number of carboxylic acids is 1. The third-order valence-corrected chi connectivity index (χ3v) is 3.78. The Bertz CT molecular complexity index is 527. The number of carboxylic acid groups (broad SMARTS) is 1. The molecule has 0 aliphatic heterocycles. The lowest BCUT2D eigenvalue weighted by Gasteiger charge is -2.15. The van der Waals surface area contributed by atoms with E-state index in [0.717, 1.165) is 0 Å². The van der Waals surface area contributed by atoms with Crippen LogP contribution in [0.3, 0.4) is 0 Å². The minimum absolute atomic E-state index is 0.0220. The molecule has 0 aliphatic rings. The van der Waals surface area contributed by atoms with Gasteiger partial charge < -0.3 is 9.84 Å². The topological polar surface area (TPSA) is 92.7 Å². The van der Waals surface area contributed by atoms with E-state index in [1.807, 2.05) is 0 Å². The summed E-state index contributed by atoms with van der Waals surface area (Å²) in [5.41, 5.74) is 0.383. The molecule has 7 heteroatoms. The first-order valence-corrected chi connectivity index (χ1v) is 7.86. The zero-order valence-electron chi connectivity index (χ0n) is 11.4. The second-order valence-electron chi connectivity index (χ2n) is 4.54. The molecule has 112 valence electrons. The number of sulfonamides is 1. The molecule has 0 spiro atoms. The summed E-state index contributed by atoms with van der Waals surface area (Å²) in [7, 11) is -3.73. The largest absolute Gasteiger partial charge is 0.480 e. The summed E-state index contributed by atoms with van der Waals surface area (Å²) in [6.45, 7) is 3.61. The van der Waals surface area contributed by atoms with E-state index >= 15 is 0 Å². The number of rotatable bonds is 8. The number of benzene rings is 1. The molecule has 1 unspecified atom stereocenters. The van der Waals surface area contributed by atoms with Gasteiger partial charge in [0.1, 0.15) is 6.04 Å². The van der Waals surface area contributed by atoms with Gasteiger partial charge >= 0.3 is 5.97 Å². The quantitative estimate of drug-likeness (QED) is 0.751. The first kappa shape index (κ1) is 16.6. The van der Waals surface area contributed by atoms with E-state index in [9.17, 15) is 13.2 Å².